The van der Waals surface area contributed by atoms with Gasteiger partial charge in [-0.25, -0.2) is 0 Å². The molecule has 0 fully saturated rings. The lowest BCUT2D eigenvalue weighted by Gasteiger charge is -2.41. The molecule has 7 aromatic rings. The van der Waals surface area contributed by atoms with Gasteiger partial charge in [0.25, 0.3) is 0 Å². The second-order valence-corrected chi connectivity index (χ2v) is 36.1. The lowest BCUT2D eigenvalue weighted by Crippen LogP contribution is -2.53. The van der Waals surface area contributed by atoms with Crippen molar-refractivity contribution < 1.29 is 52.7 Å². The third kappa shape index (κ3) is 34.6. The quantitative estimate of drug-likeness (QED) is 0.0257. The predicted molar refractivity (Wildman–Crippen MR) is 516 cm³/mol. The summed E-state index contributed by atoms with van der Waals surface area (Å²) in [6.07, 6.45) is 5.18. The Balaban J connectivity index is 0.000000408. The highest BCUT2D eigenvalue weighted by molar-refractivity contribution is 5.95. The van der Waals surface area contributed by atoms with E-state index >= 15 is 0 Å². The molecular formula is C104H149N15O11. The molecule has 7 aromatic carbocycles. The van der Waals surface area contributed by atoms with E-state index in [0.29, 0.717) is 77.8 Å². The largest absolute Gasteiger partial charge is 0.332 e. The molecule has 0 aliphatic rings. The molecule has 7 rings (SSSR count). The van der Waals surface area contributed by atoms with E-state index < -0.39 is 76.7 Å². The number of ketones is 2. The fraction of sp³-hybridized carbons (Fsp3) is 0.490. The number of amides is 9. The van der Waals surface area contributed by atoms with E-state index in [0.717, 1.165) is 51.8 Å². The molecule has 0 bridgehead atoms. The topological polar surface area (TPSA) is 327 Å². The zero-order valence-corrected chi connectivity index (χ0v) is 80.1. The van der Waals surface area contributed by atoms with Gasteiger partial charge in [-0.05, 0) is 206 Å². The Labute approximate surface area is 774 Å². The Kier molecular flexibility index (Phi) is 45.7. The van der Waals surface area contributed by atoms with Gasteiger partial charge in [-0.2, -0.15) is 0 Å². The number of hydrogen-bond acceptors (Lipinski definition) is 17. The smallest absolute Gasteiger partial charge is 0.243 e. The van der Waals surface area contributed by atoms with E-state index in [1.807, 2.05) is 287 Å². The standard InChI is InChI=1S/C57H80N8O6.C47H69N7O5/c1-43(66)37-62(44(2)48-25-13-9-14-26-48)56(71)41-64(46(4)50-29-17-11-18-30-50)55(70)38-60(35-23-21-33-58)52(67)40-63(45(3)49-27-15-10-16-28-49)54(69)39-61(36-24-22-34-59)53(68)42-65(57(6,7)8)47(5)51-31-19-12-20-32-51;1-36(39-21-11-8-12-22-39)52(31-42(55)47(4,5)6)46(59)35-54(38(3)41-25-15-10-16-26-41)45(58)33-51(30-20-18-28-49)43(56)34-53(37(2)40-23-13-9-14-24-40)44(57)32-50(7)29-19-17-27-48/h9-20,25-32,44-47H,21-24,33-42,58-59H2,1-8H3;8-16,21-26,36-38H,17-20,27-35,48-49H2,1-7H3/t44-,45-,46-,47-;36-,37-,38-/m00/s1. The summed E-state index contributed by atoms with van der Waals surface area (Å²) in [7, 11) is 1.88. The highest BCUT2D eigenvalue weighted by atomic mass is 16.2. The average molecular weight is 1790 g/mol. The highest BCUT2D eigenvalue weighted by Crippen LogP contribution is 2.32. The van der Waals surface area contributed by atoms with Crippen LogP contribution in [0.1, 0.15) is 230 Å². The Bertz CT molecular complexity index is 4610. The third-order valence-electron chi connectivity index (χ3n) is 24.2. The minimum atomic E-state index is -0.695. The summed E-state index contributed by atoms with van der Waals surface area (Å²) in [6.45, 7) is 27.1. The summed E-state index contributed by atoms with van der Waals surface area (Å²) in [5.74, 6) is -3.75. The maximum absolute atomic E-state index is 14.9. The van der Waals surface area contributed by atoms with Crippen LogP contribution in [0.5, 0.6) is 0 Å². The van der Waals surface area contributed by atoms with Crippen molar-refractivity contribution in [3.63, 3.8) is 0 Å². The van der Waals surface area contributed by atoms with Crippen LogP contribution in [0.25, 0.3) is 0 Å². The van der Waals surface area contributed by atoms with Crippen molar-refractivity contribution in [2.24, 2.45) is 28.3 Å². The summed E-state index contributed by atoms with van der Waals surface area (Å²) in [6, 6.07) is 63.5. The molecular weight excluding hydrogens is 1640 g/mol. The van der Waals surface area contributed by atoms with Gasteiger partial charge in [0, 0.05) is 36.6 Å². The van der Waals surface area contributed by atoms with Crippen LogP contribution in [0.15, 0.2) is 212 Å². The number of rotatable bonds is 52. The van der Waals surface area contributed by atoms with Crippen LogP contribution >= 0.6 is 0 Å². The molecule has 0 saturated heterocycles. The molecule has 0 unspecified atom stereocenters. The van der Waals surface area contributed by atoms with Gasteiger partial charge in [-0.1, -0.05) is 233 Å². The molecule has 9 amide bonds. The zero-order chi connectivity index (χ0) is 95.6. The zero-order valence-electron chi connectivity index (χ0n) is 80.1. The summed E-state index contributed by atoms with van der Waals surface area (Å²) < 4.78 is 0. The minimum absolute atomic E-state index is 0.0533. The number of carbonyl (C=O) groups excluding carboxylic acids is 11. The Morgan fingerprint density at radius 3 is 0.700 bits per heavy atom. The number of carbonyl (C=O) groups is 11. The van der Waals surface area contributed by atoms with E-state index in [-0.39, 0.29) is 126 Å². The molecule has 0 aliphatic carbocycles. The molecule has 130 heavy (non-hydrogen) atoms. The van der Waals surface area contributed by atoms with Crippen LogP contribution < -0.4 is 22.9 Å². The van der Waals surface area contributed by atoms with Crippen molar-refractivity contribution in [2.45, 2.75) is 196 Å². The Hall–Kier alpha value is -11.1. The van der Waals surface area contributed by atoms with Gasteiger partial charge >= 0.3 is 0 Å². The summed E-state index contributed by atoms with van der Waals surface area (Å²) in [5.41, 5.74) is 28.3. The van der Waals surface area contributed by atoms with Gasteiger partial charge in [-0.3, -0.25) is 62.5 Å². The molecule has 0 spiro atoms. The first kappa shape index (κ1) is 108. The van der Waals surface area contributed by atoms with E-state index in [9.17, 15) is 52.7 Å². The van der Waals surface area contributed by atoms with Crippen molar-refractivity contribution in [1.29, 1.82) is 0 Å². The van der Waals surface area contributed by atoms with E-state index in [1.165, 1.54) is 36.3 Å². The van der Waals surface area contributed by atoms with E-state index in [2.05, 4.69) is 32.6 Å². The lowest BCUT2D eigenvalue weighted by atomic mass is 9.90. The molecule has 8 N–H and O–H groups in total. The van der Waals surface area contributed by atoms with Gasteiger partial charge in [0.15, 0.2) is 5.78 Å². The van der Waals surface area contributed by atoms with Crippen LogP contribution in [0.2, 0.25) is 0 Å². The molecule has 26 nitrogen and oxygen atoms in total. The fourth-order valence-electron chi connectivity index (χ4n) is 15.7. The van der Waals surface area contributed by atoms with Crippen molar-refractivity contribution in [1.82, 2.24) is 53.9 Å². The normalized spacial score (nSPS) is 13.1. The van der Waals surface area contributed by atoms with Gasteiger partial charge in [0.2, 0.25) is 53.2 Å². The molecule has 0 aliphatic heterocycles. The molecule has 0 radical (unpaired) electrons. The van der Waals surface area contributed by atoms with Crippen molar-refractivity contribution in [3.8, 4) is 0 Å². The minimum Gasteiger partial charge on any atom is -0.332 e. The number of Topliss-reactive ketones (excluding diaryl/α,β-unsaturated/α-hetero) is 2. The van der Waals surface area contributed by atoms with Crippen LogP contribution in [-0.2, 0) is 52.7 Å². The molecule has 0 saturated carbocycles. The third-order valence-corrected chi connectivity index (χ3v) is 24.2. The van der Waals surface area contributed by atoms with E-state index in [1.54, 1.807) is 14.7 Å². The number of unbranched alkanes of at least 4 members (excludes halogenated alkanes) is 4. The fourth-order valence-corrected chi connectivity index (χ4v) is 15.7. The van der Waals surface area contributed by atoms with Crippen LogP contribution in [-0.4, -0.2) is 256 Å². The summed E-state index contributed by atoms with van der Waals surface area (Å²) in [5, 5.41) is 0. The van der Waals surface area contributed by atoms with Gasteiger partial charge in [0.1, 0.15) is 32.0 Å². The second kappa shape index (κ2) is 55.1. The van der Waals surface area contributed by atoms with Gasteiger partial charge < -0.3 is 67.0 Å². The number of nitrogens with zero attached hydrogens (tertiary/aromatic N) is 11. The van der Waals surface area contributed by atoms with Crippen LogP contribution in [0, 0.1) is 5.41 Å². The van der Waals surface area contributed by atoms with E-state index in [4.69, 9.17) is 22.9 Å². The Morgan fingerprint density at radius 2 is 0.462 bits per heavy atom. The number of hydrogen-bond donors (Lipinski definition) is 4. The van der Waals surface area contributed by atoms with Gasteiger partial charge in [-0.15, -0.1) is 0 Å². The molecule has 0 aromatic heterocycles. The number of benzene rings is 7. The molecule has 706 valence electrons. The van der Waals surface area contributed by atoms with Crippen molar-refractivity contribution >= 4 is 64.7 Å². The lowest BCUT2D eigenvalue weighted by molar-refractivity contribution is -0.150. The average Bonchev–Trinajstić information content (AvgIpc) is 0.815. The Morgan fingerprint density at radius 1 is 0.254 bits per heavy atom. The SMILES string of the molecule is CC(=O)CN(C(=O)CN(C(=O)CN(CCCCN)C(=O)CN(C(=O)CN(CCCCN)C(=O)CN([C@@H](C)c1ccccc1)C(C)(C)C)[C@@H](C)c1ccccc1)[C@@H](C)c1ccccc1)[C@@H](C)c1ccccc1.C[C@@H](c1ccccc1)N(CC(=O)N(CCCCN)CC(=O)N(CC(=O)N(CC(=O)C(C)(C)C)[C@@H](C)c1ccccc1)[C@@H](C)c1ccccc1)C(=O)CN(C)CCCCN. The first-order valence-electron chi connectivity index (χ1n) is 46.2. The first-order valence-corrected chi connectivity index (χ1v) is 46.2. The number of likely N-dealkylation sites (N-methyl/N-ethyl adjacent to an activating group) is 1. The summed E-state index contributed by atoms with van der Waals surface area (Å²) >= 11 is 0. The van der Waals surface area contributed by atoms with Gasteiger partial charge in [0.05, 0.1) is 82.1 Å². The van der Waals surface area contributed by atoms with Crippen LogP contribution in [0.4, 0.5) is 0 Å². The molecule has 0 heterocycles. The molecule has 7 atom stereocenters. The van der Waals surface area contributed by atoms with Crippen molar-refractivity contribution in [2.75, 3.05) is 131 Å². The predicted octanol–water partition coefficient (Wildman–Crippen LogP) is 13.0. The maximum atomic E-state index is 14.9. The molecule has 26 heteroatoms. The maximum Gasteiger partial charge on any atom is 0.243 e. The second-order valence-electron chi connectivity index (χ2n) is 36.1. The monoisotopic (exact) mass is 1780 g/mol. The van der Waals surface area contributed by atoms with Crippen molar-refractivity contribution in [3.05, 3.63) is 251 Å². The number of nitrogens with two attached hydrogens (primary N) is 4. The first-order chi connectivity index (χ1) is 61.9. The highest BCUT2D eigenvalue weighted by Gasteiger charge is 2.39. The summed E-state index contributed by atoms with van der Waals surface area (Å²) in [4.78, 5) is 175. The van der Waals surface area contributed by atoms with Crippen LogP contribution in [0.3, 0.4) is 0 Å².